The average Bonchev–Trinajstić information content (AvgIpc) is 2.44. The first-order valence-corrected chi connectivity index (χ1v) is 8.89. The Kier molecular flexibility index (Phi) is 7.21. The van der Waals surface area contributed by atoms with Gasteiger partial charge in [0, 0.05) is 25.7 Å². The summed E-state index contributed by atoms with van der Waals surface area (Å²) in [5, 5.41) is 3.04. The molecule has 0 aromatic rings. The number of fused-ring (bicyclic) bond motifs is 1. The van der Waals surface area contributed by atoms with Crippen LogP contribution in [-0.2, 0) is 10.2 Å². The maximum atomic E-state index is 12.3. The van der Waals surface area contributed by atoms with Gasteiger partial charge < -0.3 is 5.32 Å². The third kappa shape index (κ3) is 4.56. The van der Waals surface area contributed by atoms with Crippen LogP contribution >= 0.6 is 12.4 Å². The van der Waals surface area contributed by atoms with E-state index >= 15 is 0 Å². The number of nitrogens with one attached hydrogen (secondary N) is 2. The summed E-state index contributed by atoms with van der Waals surface area (Å²) in [5.74, 6) is 1.34. The number of piperidine rings is 1. The molecule has 1 saturated carbocycles. The second kappa shape index (κ2) is 7.94. The monoisotopic (exact) mass is 325 g/mol. The van der Waals surface area contributed by atoms with Crippen LogP contribution in [0.3, 0.4) is 0 Å². The highest BCUT2D eigenvalue weighted by atomic mass is 35.5. The third-order valence-corrected chi connectivity index (χ3v) is 6.20. The number of nitrogens with zero attached hydrogens (tertiary/aromatic N) is 1. The van der Waals surface area contributed by atoms with Gasteiger partial charge in [-0.25, -0.2) is 4.72 Å². The molecular formula is C13H28ClN3O2S. The summed E-state index contributed by atoms with van der Waals surface area (Å²) < 4.78 is 28.9. The number of halogens is 1. The predicted molar refractivity (Wildman–Crippen MR) is 84.3 cm³/mol. The summed E-state index contributed by atoms with van der Waals surface area (Å²) in [4.78, 5) is 0. The summed E-state index contributed by atoms with van der Waals surface area (Å²) in [6.45, 7) is 3.82. The quantitative estimate of drug-likeness (QED) is 0.802. The Hall–Kier alpha value is 0.120. The Morgan fingerprint density at radius 1 is 1.20 bits per heavy atom. The lowest BCUT2D eigenvalue weighted by atomic mass is 9.76. The van der Waals surface area contributed by atoms with Gasteiger partial charge in [-0.2, -0.15) is 12.7 Å². The van der Waals surface area contributed by atoms with Crippen LogP contribution in [0.1, 0.15) is 39.0 Å². The van der Waals surface area contributed by atoms with E-state index in [0.29, 0.717) is 25.6 Å². The molecule has 7 heteroatoms. The molecule has 20 heavy (non-hydrogen) atoms. The highest BCUT2D eigenvalue weighted by Gasteiger charge is 2.35. The Morgan fingerprint density at radius 3 is 2.50 bits per heavy atom. The van der Waals surface area contributed by atoms with Crippen molar-refractivity contribution in [1.82, 2.24) is 14.3 Å². The van der Waals surface area contributed by atoms with E-state index in [1.54, 1.807) is 4.31 Å². The first-order valence-electron chi connectivity index (χ1n) is 7.45. The fourth-order valence-corrected chi connectivity index (χ4v) is 4.59. The zero-order chi connectivity index (χ0) is 13.9. The van der Waals surface area contributed by atoms with Crippen LogP contribution in [0.25, 0.3) is 0 Å². The molecule has 0 amide bonds. The second-order valence-corrected chi connectivity index (χ2v) is 7.75. The van der Waals surface area contributed by atoms with E-state index < -0.39 is 10.2 Å². The summed E-state index contributed by atoms with van der Waals surface area (Å²) in [7, 11) is -1.46. The molecule has 0 spiro atoms. The minimum absolute atomic E-state index is 0. The third-order valence-electron chi connectivity index (χ3n) is 4.66. The van der Waals surface area contributed by atoms with Gasteiger partial charge >= 0.3 is 0 Å². The van der Waals surface area contributed by atoms with E-state index in [1.165, 1.54) is 25.7 Å². The first kappa shape index (κ1) is 18.2. The van der Waals surface area contributed by atoms with Crippen molar-refractivity contribution in [2.75, 3.05) is 26.7 Å². The lowest BCUT2D eigenvalue weighted by molar-refractivity contribution is 0.135. The Labute approximate surface area is 129 Å². The molecule has 0 bridgehead atoms. The normalized spacial score (nSPS) is 29.3. The van der Waals surface area contributed by atoms with Gasteiger partial charge in [0.05, 0.1) is 0 Å². The molecule has 2 aliphatic rings. The molecule has 2 rings (SSSR count). The molecule has 0 aromatic heterocycles. The smallest absolute Gasteiger partial charge is 0.279 e. The minimum Gasteiger partial charge on any atom is -0.316 e. The van der Waals surface area contributed by atoms with Crippen LogP contribution < -0.4 is 10.0 Å². The van der Waals surface area contributed by atoms with Gasteiger partial charge in [0.2, 0.25) is 0 Å². The predicted octanol–water partition coefficient (Wildman–Crippen LogP) is 1.36. The molecular weight excluding hydrogens is 298 g/mol. The second-order valence-electron chi connectivity index (χ2n) is 5.99. The maximum Gasteiger partial charge on any atom is 0.279 e. The van der Waals surface area contributed by atoms with E-state index in [1.807, 2.05) is 14.0 Å². The first-order chi connectivity index (χ1) is 9.03. The van der Waals surface area contributed by atoms with Crippen LogP contribution in [-0.4, -0.2) is 45.4 Å². The van der Waals surface area contributed by atoms with E-state index in [0.717, 1.165) is 12.3 Å². The zero-order valence-corrected chi connectivity index (χ0v) is 14.1. The van der Waals surface area contributed by atoms with Crippen molar-refractivity contribution >= 4 is 22.6 Å². The van der Waals surface area contributed by atoms with Gasteiger partial charge in [-0.05, 0) is 38.6 Å². The van der Waals surface area contributed by atoms with Crippen molar-refractivity contribution in [2.24, 2.45) is 11.8 Å². The Balaban J connectivity index is 0.00000200. The molecule has 2 fully saturated rings. The fourth-order valence-electron chi connectivity index (χ4n) is 3.21. The summed E-state index contributed by atoms with van der Waals surface area (Å²) in [5.41, 5.74) is 0. The molecule has 2 N–H and O–H groups in total. The molecule has 3 atom stereocenters. The number of hydrogen-bond acceptors (Lipinski definition) is 3. The molecule has 0 radical (unpaired) electrons. The van der Waals surface area contributed by atoms with Gasteiger partial charge in [-0.3, -0.25) is 0 Å². The van der Waals surface area contributed by atoms with Crippen molar-refractivity contribution in [3.8, 4) is 0 Å². The number of likely N-dealkylation sites (N-methyl/N-ethyl adjacent to an activating group) is 1. The highest BCUT2D eigenvalue weighted by molar-refractivity contribution is 7.87. The largest absolute Gasteiger partial charge is 0.316 e. The van der Waals surface area contributed by atoms with Gasteiger partial charge in [0.15, 0.2) is 0 Å². The fraction of sp³-hybridized carbons (Fsp3) is 1.00. The van der Waals surface area contributed by atoms with Gasteiger partial charge in [0.25, 0.3) is 10.2 Å². The summed E-state index contributed by atoms with van der Waals surface area (Å²) in [6.07, 6.45) is 6.12. The number of hydrogen-bond donors (Lipinski definition) is 2. The molecule has 1 aliphatic heterocycles. The number of rotatable bonds is 5. The van der Waals surface area contributed by atoms with Crippen molar-refractivity contribution in [3.05, 3.63) is 0 Å². The highest BCUT2D eigenvalue weighted by Crippen LogP contribution is 2.36. The van der Waals surface area contributed by atoms with Crippen LogP contribution in [0, 0.1) is 11.8 Å². The Bertz CT molecular complexity index is 391. The molecule has 120 valence electrons. The van der Waals surface area contributed by atoms with Crippen LogP contribution in [0.5, 0.6) is 0 Å². The van der Waals surface area contributed by atoms with Gasteiger partial charge in [-0.15, -0.1) is 12.4 Å². The zero-order valence-electron chi connectivity index (χ0n) is 12.5. The molecule has 3 unspecified atom stereocenters. The minimum atomic E-state index is -3.30. The van der Waals surface area contributed by atoms with Gasteiger partial charge in [0.1, 0.15) is 0 Å². The molecule has 1 heterocycles. The average molecular weight is 326 g/mol. The van der Waals surface area contributed by atoms with E-state index in [2.05, 4.69) is 10.0 Å². The summed E-state index contributed by atoms with van der Waals surface area (Å²) >= 11 is 0. The standard InChI is InChI=1S/C13H27N3O2S.ClH/c1-11(14-2)9-15-19(17,18)16-8-7-12-5-3-4-6-13(12)10-16;/h11-15H,3-10H2,1-2H3;1H. The van der Waals surface area contributed by atoms with Crippen LogP contribution in [0.2, 0.25) is 0 Å². The van der Waals surface area contributed by atoms with Crippen molar-refractivity contribution in [1.29, 1.82) is 0 Å². The van der Waals surface area contributed by atoms with Crippen LogP contribution in [0.4, 0.5) is 0 Å². The molecule has 0 aromatic carbocycles. The van der Waals surface area contributed by atoms with E-state index in [4.69, 9.17) is 0 Å². The van der Waals surface area contributed by atoms with Crippen molar-refractivity contribution < 1.29 is 8.42 Å². The lowest BCUT2D eigenvalue weighted by Crippen LogP contribution is -2.50. The maximum absolute atomic E-state index is 12.3. The lowest BCUT2D eigenvalue weighted by Gasteiger charge is -2.40. The van der Waals surface area contributed by atoms with Crippen molar-refractivity contribution in [2.45, 2.75) is 45.1 Å². The molecule has 1 saturated heterocycles. The van der Waals surface area contributed by atoms with E-state index in [-0.39, 0.29) is 18.4 Å². The van der Waals surface area contributed by atoms with Crippen molar-refractivity contribution in [3.63, 3.8) is 0 Å². The molecule has 5 nitrogen and oxygen atoms in total. The molecule has 1 aliphatic carbocycles. The van der Waals surface area contributed by atoms with Gasteiger partial charge in [-0.1, -0.05) is 19.3 Å². The SMILES string of the molecule is CNC(C)CNS(=O)(=O)N1CCC2CCCCC2C1.Cl. The summed E-state index contributed by atoms with van der Waals surface area (Å²) in [6, 6.07) is 0.155. The Morgan fingerprint density at radius 2 is 1.85 bits per heavy atom. The van der Waals surface area contributed by atoms with E-state index in [9.17, 15) is 8.42 Å². The topological polar surface area (TPSA) is 61.4 Å². The van der Waals surface area contributed by atoms with Crippen LogP contribution in [0.15, 0.2) is 0 Å².